The highest BCUT2D eigenvalue weighted by Crippen LogP contribution is 2.39. The van der Waals surface area contributed by atoms with Gasteiger partial charge in [0.2, 0.25) is 11.9 Å². The Kier molecular flexibility index (Phi) is 4.40. The quantitative estimate of drug-likeness (QED) is 0.770. The van der Waals surface area contributed by atoms with Gasteiger partial charge in [0, 0.05) is 6.04 Å². The summed E-state index contributed by atoms with van der Waals surface area (Å²) < 4.78 is 78.5. The van der Waals surface area contributed by atoms with Crippen LogP contribution in [0.15, 0.2) is 18.2 Å². The van der Waals surface area contributed by atoms with Crippen LogP contribution in [0.1, 0.15) is 37.8 Å². The van der Waals surface area contributed by atoms with Gasteiger partial charge in [0.1, 0.15) is 5.92 Å². The van der Waals surface area contributed by atoms with Crippen LogP contribution in [0.25, 0.3) is 11.0 Å². The van der Waals surface area contributed by atoms with Crippen molar-refractivity contribution >= 4 is 22.9 Å². The molecule has 1 aromatic carbocycles. The molecule has 10 heteroatoms. The molecule has 2 aromatic rings. The maximum Gasteiger partial charge on any atom is 0.416 e. The molecule has 26 heavy (non-hydrogen) atoms. The van der Waals surface area contributed by atoms with Gasteiger partial charge in [0.25, 0.3) is 0 Å². The normalized spacial score (nSPS) is 17.2. The van der Waals surface area contributed by atoms with Crippen LogP contribution in [0.2, 0.25) is 0 Å². The zero-order valence-corrected chi connectivity index (χ0v) is 13.6. The first kappa shape index (κ1) is 18.5. The number of anilines is 1. The first-order valence-corrected chi connectivity index (χ1v) is 7.95. The van der Waals surface area contributed by atoms with E-state index in [4.69, 9.17) is 0 Å². The van der Waals surface area contributed by atoms with E-state index in [-0.39, 0.29) is 23.0 Å². The summed E-state index contributed by atoms with van der Waals surface area (Å²) in [5, 5.41) is 2.13. The second-order valence-corrected chi connectivity index (χ2v) is 6.34. The zero-order chi connectivity index (χ0) is 19.3. The first-order valence-electron chi connectivity index (χ1n) is 7.95. The minimum absolute atomic E-state index is 0.138. The van der Waals surface area contributed by atoms with E-state index in [1.165, 1.54) is 4.57 Å². The van der Waals surface area contributed by atoms with Crippen LogP contribution in [0.5, 0.6) is 0 Å². The summed E-state index contributed by atoms with van der Waals surface area (Å²) in [6, 6.07) is 2.70. The molecular weight excluding hydrogens is 364 g/mol. The van der Waals surface area contributed by atoms with Crippen LogP contribution in [-0.2, 0) is 11.0 Å². The fourth-order valence-electron chi connectivity index (χ4n) is 2.74. The van der Waals surface area contributed by atoms with E-state index < -0.39 is 29.7 Å². The number of nitrogens with one attached hydrogen (secondary N) is 1. The Morgan fingerprint density at radius 2 is 1.88 bits per heavy atom. The number of hydrogen-bond acceptors (Lipinski definition) is 2. The topological polar surface area (TPSA) is 46.9 Å². The fourth-order valence-corrected chi connectivity index (χ4v) is 2.74. The minimum Gasteiger partial charge on any atom is -0.307 e. The van der Waals surface area contributed by atoms with Gasteiger partial charge in [0.15, 0.2) is 0 Å². The number of halogens is 6. The van der Waals surface area contributed by atoms with Crippen molar-refractivity contribution < 1.29 is 31.1 Å². The highest BCUT2D eigenvalue weighted by Gasteiger charge is 2.42. The lowest BCUT2D eigenvalue weighted by atomic mass is 9.92. The molecule has 0 saturated heterocycles. The molecule has 1 aliphatic rings. The van der Waals surface area contributed by atoms with E-state index >= 15 is 0 Å². The van der Waals surface area contributed by atoms with Gasteiger partial charge in [-0.05, 0) is 44.4 Å². The maximum absolute atomic E-state index is 13.0. The van der Waals surface area contributed by atoms with Crippen molar-refractivity contribution in [2.75, 3.05) is 5.32 Å². The van der Waals surface area contributed by atoms with Gasteiger partial charge in [-0.3, -0.25) is 10.1 Å². The van der Waals surface area contributed by atoms with Gasteiger partial charge in [-0.1, -0.05) is 0 Å². The first-order chi connectivity index (χ1) is 12.0. The summed E-state index contributed by atoms with van der Waals surface area (Å²) in [4.78, 5) is 15.9. The smallest absolute Gasteiger partial charge is 0.307 e. The van der Waals surface area contributed by atoms with Crippen LogP contribution in [0.3, 0.4) is 0 Å². The molecular formula is C16H15F6N3O. The van der Waals surface area contributed by atoms with E-state index in [1.54, 1.807) is 0 Å². The SMILES string of the molecule is C[C@@H](C(=O)Nc1nc2ccc(C(F)(F)F)cc2n1C1CCC1)C(F)(F)F. The molecule has 1 N–H and O–H groups in total. The van der Waals surface area contributed by atoms with Crippen LogP contribution < -0.4 is 5.32 Å². The number of nitrogens with zero attached hydrogens (tertiary/aromatic N) is 2. The van der Waals surface area contributed by atoms with Crippen LogP contribution in [-0.4, -0.2) is 21.6 Å². The van der Waals surface area contributed by atoms with Gasteiger partial charge in [-0.15, -0.1) is 0 Å². The molecule has 142 valence electrons. The molecule has 0 aliphatic heterocycles. The summed E-state index contributed by atoms with van der Waals surface area (Å²) in [7, 11) is 0. The number of benzene rings is 1. The molecule has 1 aliphatic carbocycles. The highest BCUT2D eigenvalue weighted by atomic mass is 19.4. The van der Waals surface area contributed by atoms with E-state index in [1.807, 2.05) is 0 Å². The van der Waals surface area contributed by atoms with Crippen LogP contribution in [0.4, 0.5) is 32.3 Å². The largest absolute Gasteiger partial charge is 0.416 e. The number of carbonyl (C=O) groups is 1. The molecule has 0 unspecified atom stereocenters. The lowest BCUT2D eigenvalue weighted by molar-refractivity contribution is -0.175. The monoisotopic (exact) mass is 379 g/mol. The van der Waals surface area contributed by atoms with E-state index in [2.05, 4.69) is 10.3 Å². The molecule has 0 bridgehead atoms. The summed E-state index contributed by atoms with van der Waals surface area (Å²) in [6.45, 7) is 0.716. The van der Waals surface area contributed by atoms with Crippen molar-refractivity contribution in [1.29, 1.82) is 0 Å². The molecule has 1 atom stereocenters. The molecule has 1 amide bonds. The summed E-state index contributed by atoms with van der Waals surface area (Å²) in [5.74, 6) is -3.72. The lowest BCUT2D eigenvalue weighted by Gasteiger charge is -2.29. The van der Waals surface area contributed by atoms with Crippen molar-refractivity contribution in [3.8, 4) is 0 Å². The fraction of sp³-hybridized carbons (Fsp3) is 0.500. The lowest BCUT2D eigenvalue weighted by Crippen LogP contribution is -2.34. The van der Waals surface area contributed by atoms with Gasteiger partial charge >= 0.3 is 12.4 Å². The van der Waals surface area contributed by atoms with Crippen molar-refractivity contribution in [1.82, 2.24) is 9.55 Å². The second-order valence-electron chi connectivity index (χ2n) is 6.34. The van der Waals surface area contributed by atoms with Crippen LogP contribution >= 0.6 is 0 Å². The summed E-state index contributed by atoms with van der Waals surface area (Å²) in [5.41, 5.74) is -0.564. The van der Waals surface area contributed by atoms with Crippen molar-refractivity contribution in [3.63, 3.8) is 0 Å². The molecule has 3 rings (SSSR count). The number of imidazole rings is 1. The molecule has 1 heterocycles. The molecule has 0 spiro atoms. The average Bonchev–Trinajstić information content (AvgIpc) is 2.80. The van der Waals surface area contributed by atoms with E-state index in [0.29, 0.717) is 19.8 Å². The predicted octanol–water partition coefficient (Wildman–Crippen LogP) is 4.92. The van der Waals surface area contributed by atoms with Crippen molar-refractivity contribution in [2.24, 2.45) is 5.92 Å². The third-order valence-corrected chi connectivity index (χ3v) is 4.58. The predicted molar refractivity (Wildman–Crippen MR) is 81.5 cm³/mol. The number of carbonyl (C=O) groups excluding carboxylic acids is 1. The maximum atomic E-state index is 13.0. The van der Waals surface area contributed by atoms with E-state index in [9.17, 15) is 31.1 Å². The minimum atomic E-state index is -4.72. The number of rotatable bonds is 3. The third-order valence-electron chi connectivity index (χ3n) is 4.58. The average molecular weight is 379 g/mol. The number of amides is 1. The van der Waals surface area contributed by atoms with Gasteiger partial charge in [-0.25, -0.2) is 4.98 Å². The van der Waals surface area contributed by atoms with Crippen molar-refractivity contribution in [2.45, 2.75) is 44.6 Å². The van der Waals surface area contributed by atoms with Gasteiger partial charge in [-0.2, -0.15) is 26.3 Å². The van der Waals surface area contributed by atoms with Gasteiger partial charge < -0.3 is 4.57 Å². The molecule has 0 radical (unpaired) electrons. The second kappa shape index (κ2) is 6.17. The van der Waals surface area contributed by atoms with Crippen LogP contribution in [0, 0.1) is 5.92 Å². The Hall–Kier alpha value is -2.26. The third kappa shape index (κ3) is 3.36. The Labute approximate surface area is 144 Å². The van der Waals surface area contributed by atoms with Gasteiger partial charge in [0.05, 0.1) is 16.6 Å². The van der Waals surface area contributed by atoms with E-state index in [0.717, 1.165) is 24.6 Å². The zero-order valence-electron chi connectivity index (χ0n) is 13.6. The Morgan fingerprint density at radius 1 is 1.23 bits per heavy atom. The summed E-state index contributed by atoms with van der Waals surface area (Å²) in [6.07, 6.45) is -7.13. The molecule has 1 fully saturated rings. The highest BCUT2D eigenvalue weighted by molar-refractivity contribution is 5.93. The molecule has 4 nitrogen and oxygen atoms in total. The molecule has 1 aromatic heterocycles. The standard InChI is InChI=1S/C16H15F6N3O/c1-8(15(17,18)19)13(26)24-14-23-11-6-5-9(16(20,21)22)7-12(11)25(14)10-3-2-4-10/h5-8,10H,2-4H2,1H3,(H,23,24,26)/t8-/m0/s1. The number of hydrogen-bond donors (Lipinski definition) is 1. The summed E-state index contributed by atoms with van der Waals surface area (Å²) >= 11 is 0. The molecule has 1 saturated carbocycles. The number of fused-ring (bicyclic) bond motifs is 1. The Balaban J connectivity index is 2.03. The number of alkyl halides is 6. The van der Waals surface area contributed by atoms with Crippen molar-refractivity contribution in [3.05, 3.63) is 23.8 Å². The number of aromatic nitrogens is 2. The Bertz CT molecular complexity index is 835. The Morgan fingerprint density at radius 3 is 2.38 bits per heavy atom.